The molecule has 0 atom stereocenters. The number of pyridine rings is 1. The van der Waals surface area contributed by atoms with E-state index >= 15 is 0 Å². The van der Waals surface area contributed by atoms with Crippen LogP contribution in [0.3, 0.4) is 0 Å². The van der Waals surface area contributed by atoms with Crippen LogP contribution in [-0.2, 0) is 11.3 Å². The van der Waals surface area contributed by atoms with Gasteiger partial charge >= 0.3 is 5.97 Å². The number of aromatic nitrogens is 1. The third-order valence-corrected chi connectivity index (χ3v) is 4.52. The Kier molecular flexibility index (Phi) is 4.63. The van der Waals surface area contributed by atoms with Crippen molar-refractivity contribution in [1.29, 1.82) is 0 Å². The Morgan fingerprint density at radius 1 is 0.964 bits per heavy atom. The average molecular weight is 393 g/mol. The van der Waals surface area contributed by atoms with E-state index in [1.165, 1.54) is 12.3 Å². The number of carbonyl (C=O) groups is 3. The highest BCUT2D eigenvalue weighted by atomic mass is 35.5. The van der Waals surface area contributed by atoms with Crippen molar-refractivity contribution in [1.82, 2.24) is 4.98 Å². The molecule has 3 aromatic rings. The summed E-state index contributed by atoms with van der Waals surface area (Å²) in [6, 6.07) is 16.1. The van der Waals surface area contributed by atoms with Gasteiger partial charge < -0.3 is 4.74 Å². The fraction of sp³-hybridized carbons (Fsp3) is 0.0476. The molecule has 138 valence electrons. The minimum absolute atomic E-state index is 0.0280. The van der Waals surface area contributed by atoms with Crippen LogP contribution < -0.4 is 4.90 Å². The zero-order valence-electron chi connectivity index (χ0n) is 14.5. The SMILES string of the molecule is O=C(OCc1ccc(Cl)nc1)c1cccc(N2C(=O)c3ccccc3C2=O)c1. The van der Waals surface area contributed by atoms with Crippen LogP contribution in [0.1, 0.15) is 36.6 Å². The van der Waals surface area contributed by atoms with Gasteiger partial charge in [0.05, 0.1) is 22.4 Å². The Balaban J connectivity index is 1.53. The van der Waals surface area contributed by atoms with Gasteiger partial charge in [0.2, 0.25) is 0 Å². The summed E-state index contributed by atoms with van der Waals surface area (Å²) < 4.78 is 5.28. The van der Waals surface area contributed by atoms with Crippen LogP contribution in [0, 0.1) is 0 Å². The lowest BCUT2D eigenvalue weighted by Gasteiger charge is -2.14. The van der Waals surface area contributed by atoms with Gasteiger partial charge in [-0.15, -0.1) is 0 Å². The summed E-state index contributed by atoms with van der Waals surface area (Å²) in [5.74, 6) is -1.41. The highest BCUT2D eigenvalue weighted by Crippen LogP contribution is 2.28. The number of hydrogen-bond acceptors (Lipinski definition) is 5. The second kappa shape index (κ2) is 7.25. The molecule has 0 radical (unpaired) electrons. The number of amides is 2. The smallest absolute Gasteiger partial charge is 0.338 e. The number of ether oxygens (including phenoxy) is 1. The van der Waals surface area contributed by atoms with Gasteiger partial charge in [0.15, 0.2) is 0 Å². The van der Waals surface area contributed by atoms with Gasteiger partial charge in [0.25, 0.3) is 11.8 Å². The fourth-order valence-corrected chi connectivity index (χ4v) is 3.03. The molecule has 28 heavy (non-hydrogen) atoms. The predicted octanol–water partition coefficient (Wildman–Crippen LogP) is 3.89. The second-order valence-corrected chi connectivity index (χ2v) is 6.49. The molecule has 4 rings (SSSR count). The molecule has 0 saturated heterocycles. The van der Waals surface area contributed by atoms with Crippen molar-refractivity contribution in [2.24, 2.45) is 0 Å². The molecule has 0 bridgehead atoms. The molecule has 0 saturated carbocycles. The van der Waals surface area contributed by atoms with Gasteiger partial charge in [-0.2, -0.15) is 0 Å². The molecule has 1 aliphatic heterocycles. The summed E-state index contributed by atoms with van der Waals surface area (Å²) in [6.45, 7) is 0.0280. The lowest BCUT2D eigenvalue weighted by Crippen LogP contribution is -2.29. The predicted molar refractivity (Wildman–Crippen MR) is 102 cm³/mol. The molecule has 0 spiro atoms. The van der Waals surface area contributed by atoms with E-state index in [0.717, 1.165) is 4.90 Å². The number of rotatable bonds is 4. The molecule has 0 aliphatic carbocycles. The van der Waals surface area contributed by atoms with Gasteiger partial charge in [-0.1, -0.05) is 35.9 Å². The van der Waals surface area contributed by atoms with Gasteiger partial charge in [-0.3, -0.25) is 9.59 Å². The molecule has 2 amide bonds. The molecule has 0 N–H and O–H groups in total. The third kappa shape index (κ3) is 3.25. The molecule has 0 unspecified atom stereocenters. The number of hydrogen-bond donors (Lipinski definition) is 0. The van der Waals surface area contributed by atoms with Crippen molar-refractivity contribution < 1.29 is 19.1 Å². The van der Waals surface area contributed by atoms with E-state index in [1.807, 2.05) is 0 Å². The van der Waals surface area contributed by atoms with Gasteiger partial charge in [-0.25, -0.2) is 14.7 Å². The van der Waals surface area contributed by atoms with E-state index in [2.05, 4.69) is 4.98 Å². The zero-order chi connectivity index (χ0) is 19.7. The van der Waals surface area contributed by atoms with Crippen LogP contribution >= 0.6 is 11.6 Å². The van der Waals surface area contributed by atoms with Crippen molar-refractivity contribution in [3.63, 3.8) is 0 Å². The number of imide groups is 1. The first-order chi connectivity index (χ1) is 13.5. The number of nitrogens with zero attached hydrogens (tertiary/aromatic N) is 2. The van der Waals surface area contributed by atoms with Crippen LogP contribution in [-0.4, -0.2) is 22.8 Å². The van der Waals surface area contributed by atoms with E-state index in [4.69, 9.17) is 16.3 Å². The molecule has 7 heteroatoms. The lowest BCUT2D eigenvalue weighted by atomic mass is 10.1. The molecule has 1 aromatic heterocycles. The second-order valence-electron chi connectivity index (χ2n) is 6.11. The maximum Gasteiger partial charge on any atom is 0.338 e. The summed E-state index contributed by atoms with van der Waals surface area (Å²) in [7, 11) is 0. The van der Waals surface area contributed by atoms with Crippen LogP contribution in [0.5, 0.6) is 0 Å². The van der Waals surface area contributed by atoms with Crippen molar-refractivity contribution in [2.45, 2.75) is 6.61 Å². The maximum atomic E-state index is 12.6. The summed E-state index contributed by atoms with van der Waals surface area (Å²) in [6.07, 6.45) is 1.52. The zero-order valence-corrected chi connectivity index (χ0v) is 15.2. The molecule has 2 aromatic carbocycles. The van der Waals surface area contributed by atoms with Gasteiger partial charge in [0, 0.05) is 11.8 Å². The molecular weight excluding hydrogens is 380 g/mol. The summed E-state index contributed by atoms with van der Waals surface area (Å²) in [4.78, 5) is 42.6. The van der Waals surface area contributed by atoms with E-state index in [-0.39, 0.29) is 12.2 Å². The number of halogens is 1. The van der Waals surface area contributed by atoms with Gasteiger partial charge in [0.1, 0.15) is 11.8 Å². The lowest BCUT2D eigenvalue weighted by molar-refractivity contribution is 0.0472. The first-order valence-corrected chi connectivity index (χ1v) is 8.78. The highest BCUT2D eigenvalue weighted by Gasteiger charge is 2.36. The fourth-order valence-electron chi connectivity index (χ4n) is 2.92. The summed E-state index contributed by atoms with van der Waals surface area (Å²) in [5, 5.41) is 0.351. The normalized spacial score (nSPS) is 12.8. The van der Waals surface area contributed by atoms with E-state index < -0.39 is 17.8 Å². The van der Waals surface area contributed by atoms with Crippen molar-refractivity contribution in [3.05, 3.63) is 94.3 Å². The molecule has 6 nitrogen and oxygen atoms in total. The first kappa shape index (κ1) is 17.9. The van der Waals surface area contributed by atoms with Gasteiger partial charge in [-0.05, 0) is 36.4 Å². The minimum Gasteiger partial charge on any atom is -0.457 e. The number of benzene rings is 2. The van der Waals surface area contributed by atoms with Crippen LogP contribution in [0.2, 0.25) is 5.15 Å². The van der Waals surface area contributed by atoms with E-state index in [0.29, 0.717) is 27.5 Å². The maximum absolute atomic E-state index is 12.6. The highest BCUT2D eigenvalue weighted by molar-refractivity contribution is 6.34. The Morgan fingerprint density at radius 3 is 2.32 bits per heavy atom. The summed E-state index contributed by atoms with van der Waals surface area (Å²) >= 11 is 5.73. The van der Waals surface area contributed by atoms with Crippen molar-refractivity contribution in [3.8, 4) is 0 Å². The Labute approximate surface area is 165 Å². The number of fused-ring (bicyclic) bond motifs is 1. The standard InChI is InChI=1S/C21H13ClN2O4/c22-18-9-8-13(11-23-18)12-28-21(27)14-4-3-5-15(10-14)24-19(25)16-6-1-2-7-17(16)20(24)26/h1-11H,12H2. The Bertz CT molecular complexity index is 1060. The molecular formula is C21H13ClN2O4. The topological polar surface area (TPSA) is 76.6 Å². The van der Waals surface area contributed by atoms with E-state index in [1.54, 1.807) is 54.6 Å². The Morgan fingerprint density at radius 2 is 1.68 bits per heavy atom. The molecule has 1 aliphatic rings. The monoisotopic (exact) mass is 392 g/mol. The first-order valence-electron chi connectivity index (χ1n) is 8.40. The number of esters is 1. The summed E-state index contributed by atoms with van der Waals surface area (Å²) in [5.41, 5.74) is 1.92. The minimum atomic E-state index is -0.576. The van der Waals surface area contributed by atoms with Crippen LogP contribution in [0.4, 0.5) is 5.69 Å². The Hall–Kier alpha value is -3.51. The number of carbonyl (C=O) groups excluding carboxylic acids is 3. The third-order valence-electron chi connectivity index (χ3n) is 4.29. The number of anilines is 1. The quantitative estimate of drug-likeness (QED) is 0.382. The van der Waals surface area contributed by atoms with E-state index in [9.17, 15) is 14.4 Å². The molecule has 0 fully saturated rings. The average Bonchev–Trinajstić information content (AvgIpc) is 2.98. The van der Waals surface area contributed by atoms with Crippen molar-refractivity contribution in [2.75, 3.05) is 4.90 Å². The largest absolute Gasteiger partial charge is 0.457 e. The van der Waals surface area contributed by atoms with Crippen molar-refractivity contribution >= 4 is 35.1 Å². The molecule has 2 heterocycles. The van der Waals surface area contributed by atoms with Crippen LogP contribution in [0.15, 0.2) is 66.9 Å². The van der Waals surface area contributed by atoms with Crippen LogP contribution in [0.25, 0.3) is 0 Å².